The first-order valence-corrected chi connectivity index (χ1v) is 8.63. The fourth-order valence-corrected chi connectivity index (χ4v) is 2.80. The van der Waals surface area contributed by atoms with Crippen molar-refractivity contribution >= 4 is 23.2 Å². The van der Waals surface area contributed by atoms with Gasteiger partial charge in [0.05, 0.1) is 10.0 Å². The van der Waals surface area contributed by atoms with E-state index in [0.29, 0.717) is 16.1 Å². The lowest BCUT2D eigenvalue weighted by molar-refractivity contribution is 0.477. The summed E-state index contributed by atoms with van der Waals surface area (Å²) in [5.41, 5.74) is 1.25. The largest absolute Gasteiger partial charge is 0.310 e. The van der Waals surface area contributed by atoms with Crippen molar-refractivity contribution in [3.05, 3.63) is 33.8 Å². The summed E-state index contributed by atoms with van der Waals surface area (Å²) >= 11 is 12.1. The van der Waals surface area contributed by atoms with Crippen molar-refractivity contribution in [3.8, 4) is 0 Å². The third-order valence-electron chi connectivity index (χ3n) is 3.64. The predicted octanol–water partition coefficient (Wildman–Crippen LogP) is 6.39. The molecule has 0 aliphatic carbocycles. The average Bonchev–Trinajstić information content (AvgIpc) is 2.44. The molecular weight excluding hydrogens is 289 g/mol. The molecule has 0 aromatic heterocycles. The molecule has 0 fully saturated rings. The Hall–Kier alpha value is -0.240. The molecule has 1 aromatic carbocycles. The molecule has 1 N–H and O–H groups in total. The Bertz CT molecular complexity index is 379. The van der Waals surface area contributed by atoms with Crippen LogP contribution in [0.25, 0.3) is 0 Å². The number of halogens is 2. The minimum atomic E-state index is 0.390. The highest BCUT2D eigenvalue weighted by molar-refractivity contribution is 6.42. The summed E-state index contributed by atoms with van der Waals surface area (Å²) in [5, 5.41) is 4.82. The standard InChI is InChI=1S/C17H27Cl2N/c1-3-5-6-7-8-9-10-17(20-4-2)14-11-12-15(18)16(19)13-14/h11-13,17,20H,3-10H2,1-2H3. The van der Waals surface area contributed by atoms with Crippen molar-refractivity contribution in [1.29, 1.82) is 0 Å². The van der Waals surface area contributed by atoms with E-state index in [1.807, 2.05) is 12.1 Å². The van der Waals surface area contributed by atoms with Crippen LogP contribution < -0.4 is 5.32 Å². The SMILES string of the molecule is CCCCCCCCC(NCC)c1ccc(Cl)c(Cl)c1. The van der Waals surface area contributed by atoms with Crippen LogP contribution in [0, 0.1) is 0 Å². The minimum absolute atomic E-state index is 0.390. The molecule has 1 unspecified atom stereocenters. The summed E-state index contributed by atoms with van der Waals surface area (Å²) in [4.78, 5) is 0. The van der Waals surface area contributed by atoms with E-state index in [1.54, 1.807) is 0 Å². The number of hydrogen-bond donors (Lipinski definition) is 1. The first-order chi connectivity index (χ1) is 9.69. The van der Waals surface area contributed by atoms with Gasteiger partial charge in [0.25, 0.3) is 0 Å². The maximum absolute atomic E-state index is 6.12. The summed E-state index contributed by atoms with van der Waals surface area (Å²) in [6, 6.07) is 6.36. The summed E-state index contributed by atoms with van der Waals surface area (Å²) < 4.78 is 0. The third kappa shape index (κ3) is 6.47. The van der Waals surface area contributed by atoms with Gasteiger partial charge < -0.3 is 5.32 Å². The molecule has 0 bridgehead atoms. The van der Waals surface area contributed by atoms with Gasteiger partial charge in [-0.25, -0.2) is 0 Å². The molecule has 0 amide bonds. The fourth-order valence-electron chi connectivity index (χ4n) is 2.49. The molecule has 0 spiro atoms. The maximum Gasteiger partial charge on any atom is 0.0595 e. The number of hydrogen-bond acceptors (Lipinski definition) is 1. The molecule has 1 rings (SSSR count). The Labute approximate surface area is 134 Å². The lowest BCUT2D eigenvalue weighted by Crippen LogP contribution is -2.20. The van der Waals surface area contributed by atoms with Crippen LogP contribution in [0.5, 0.6) is 0 Å². The van der Waals surface area contributed by atoms with E-state index in [4.69, 9.17) is 23.2 Å². The highest BCUT2D eigenvalue weighted by Crippen LogP contribution is 2.28. The predicted molar refractivity (Wildman–Crippen MR) is 90.9 cm³/mol. The monoisotopic (exact) mass is 315 g/mol. The fraction of sp³-hybridized carbons (Fsp3) is 0.647. The first-order valence-electron chi connectivity index (χ1n) is 7.87. The molecule has 1 atom stereocenters. The molecule has 0 aliphatic rings. The van der Waals surface area contributed by atoms with Crippen LogP contribution in [0.2, 0.25) is 10.0 Å². The molecule has 0 heterocycles. The normalized spacial score (nSPS) is 12.6. The summed E-state index contributed by atoms with van der Waals surface area (Å²) in [7, 11) is 0. The van der Waals surface area contributed by atoms with Gasteiger partial charge in [-0.3, -0.25) is 0 Å². The molecule has 20 heavy (non-hydrogen) atoms. The first kappa shape index (κ1) is 17.8. The van der Waals surface area contributed by atoms with Crippen molar-refractivity contribution in [3.63, 3.8) is 0 Å². The van der Waals surface area contributed by atoms with Crippen LogP contribution in [-0.2, 0) is 0 Å². The number of rotatable bonds is 10. The molecule has 3 heteroatoms. The second kappa shape index (κ2) is 10.5. The van der Waals surface area contributed by atoms with Crippen LogP contribution in [0.4, 0.5) is 0 Å². The van der Waals surface area contributed by atoms with Crippen LogP contribution in [-0.4, -0.2) is 6.54 Å². The zero-order valence-electron chi connectivity index (χ0n) is 12.7. The molecule has 1 aromatic rings. The summed E-state index contributed by atoms with van der Waals surface area (Å²) in [5.74, 6) is 0. The molecule has 0 saturated heterocycles. The average molecular weight is 316 g/mol. The smallest absolute Gasteiger partial charge is 0.0595 e. The Morgan fingerprint density at radius 2 is 1.65 bits per heavy atom. The highest BCUT2D eigenvalue weighted by Gasteiger charge is 2.11. The van der Waals surface area contributed by atoms with Crippen LogP contribution in [0.1, 0.15) is 70.4 Å². The van der Waals surface area contributed by atoms with Gasteiger partial charge in [-0.2, -0.15) is 0 Å². The van der Waals surface area contributed by atoms with Crippen LogP contribution in [0.3, 0.4) is 0 Å². The second-order valence-corrected chi connectivity index (χ2v) is 6.15. The van der Waals surface area contributed by atoms with E-state index in [2.05, 4.69) is 25.2 Å². The van der Waals surface area contributed by atoms with Gasteiger partial charge >= 0.3 is 0 Å². The Morgan fingerprint density at radius 3 is 2.30 bits per heavy atom. The van der Waals surface area contributed by atoms with Crippen molar-refractivity contribution in [1.82, 2.24) is 5.32 Å². The van der Waals surface area contributed by atoms with Crippen molar-refractivity contribution in [2.75, 3.05) is 6.54 Å². The number of benzene rings is 1. The molecule has 114 valence electrons. The van der Waals surface area contributed by atoms with Gasteiger partial charge in [-0.05, 0) is 30.7 Å². The molecule has 0 radical (unpaired) electrons. The zero-order valence-corrected chi connectivity index (χ0v) is 14.2. The van der Waals surface area contributed by atoms with E-state index in [-0.39, 0.29) is 0 Å². The highest BCUT2D eigenvalue weighted by atomic mass is 35.5. The van der Waals surface area contributed by atoms with Gasteiger partial charge in [0.15, 0.2) is 0 Å². The molecule has 1 nitrogen and oxygen atoms in total. The Kier molecular flexibility index (Phi) is 9.33. The maximum atomic E-state index is 6.12. The van der Waals surface area contributed by atoms with Gasteiger partial charge in [0.1, 0.15) is 0 Å². The third-order valence-corrected chi connectivity index (χ3v) is 4.38. The van der Waals surface area contributed by atoms with E-state index < -0.39 is 0 Å². The topological polar surface area (TPSA) is 12.0 Å². The van der Waals surface area contributed by atoms with E-state index in [1.165, 1.54) is 44.1 Å². The second-order valence-electron chi connectivity index (χ2n) is 5.34. The Balaban J connectivity index is 2.45. The van der Waals surface area contributed by atoms with Crippen molar-refractivity contribution < 1.29 is 0 Å². The molecule has 0 aliphatic heterocycles. The molecule has 0 saturated carbocycles. The number of unbranched alkanes of at least 4 members (excludes halogenated alkanes) is 5. The lowest BCUT2D eigenvalue weighted by atomic mass is 9.99. The van der Waals surface area contributed by atoms with Crippen molar-refractivity contribution in [2.24, 2.45) is 0 Å². The van der Waals surface area contributed by atoms with Gasteiger partial charge in [-0.15, -0.1) is 0 Å². The summed E-state index contributed by atoms with van der Waals surface area (Å²) in [6.45, 7) is 5.37. The molecular formula is C17H27Cl2N. The van der Waals surface area contributed by atoms with Crippen LogP contribution in [0.15, 0.2) is 18.2 Å². The summed E-state index contributed by atoms with van der Waals surface area (Å²) in [6.07, 6.45) is 9.15. The Morgan fingerprint density at radius 1 is 0.950 bits per heavy atom. The quantitative estimate of drug-likeness (QED) is 0.493. The minimum Gasteiger partial charge on any atom is -0.310 e. The van der Waals surface area contributed by atoms with Gasteiger partial charge in [0.2, 0.25) is 0 Å². The number of nitrogens with one attached hydrogen (secondary N) is 1. The van der Waals surface area contributed by atoms with E-state index in [9.17, 15) is 0 Å². The van der Waals surface area contributed by atoms with E-state index >= 15 is 0 Å². The van der Waals surface area contributed by atoms with Crippen molar-refractivity contribution in [2.45, 2.75) is 64.8 Å². The van der Waals surface area contributed by atoms with E-state index in [0.717, 1.165) is 13.0 Å². The van der Waals surface area contributed by atoms with Crippen LogP contribution >= 0.6 is 23.2 Å². The zero-order chi connectivity index (χ0) is 14.8. The van der Waals surface area contributed by atoms with Gasteiger partial charge in [-0.1, -0.05) is 81.6 Å². The van der Waals surface area contributed by atoms with Gasteiger partial charge in [0, 0.05) is 6.04 Å². The lowest BCUT2D eigenvalue weighted by Gasteiger charge is -2.19.